The molecule has 7 rings (SSSR count). The normalized spacial score (nSPS) is 11.5. The van der Waals surface area contributed by atoms with E-state index >= 15 is 0 Å². The Balaban J connectivity index is 0.000000261. The number of nitriles is 1. The minimum atomic E-state index is -2.01. The summed E-state index contributed by atoms with van der Waals surface area (Å²) in [4.78, 5) is 34.0. The van der Waals surface area contributed by atoms with Crippen molar-refractivity contribution in [2.24, 2.45) is 0 Å². The summed E-state index contributed by atoms with van der Waals surface area (Å²) in [7, 11) is 1.43. The van der Waals surface area contributed by atoms with Crippen LogP contribution in [0.25, 0.3) is 0 Å². The van der Waals surface area contributed by atoms with Crippen LogP contribution in [0.3, 0.4) is 0 Å². The van der Waals surface area contributed by atoms with Crippen molar-refractivity contribution in [3.8, 4) is 23.7 Å². The topological polar surface area (TPSA) is 103 Å². The zero-order valence-electron chi connectivity index (χ0n) is 44.2. The van der Waals surface area contributed by atoms with E-state index in [4.69, 9.17) is 19.2 Å². The Hall–Kier alpha value is -5.97. The molecule has 0 aliphatic heterocycles. The van der Waals surface area contributed by atoms with E-state index in [2.05, 4.69) is 259 Å². The molecule has 76 heavy (non-hydrogen) atoms. The van der Waals surface area contributed by atoms with Crippen LogP contribution in [0.1, 0.15) is 77.3 Å². The molecule has 394 valence electrons. The molecule has 0 aromatic heterocycles. The fourth-order valence-corrected chi connectivity index (χ4v) is 13.3. The fraction of sp³-hybridized carbons (Fsp3) is 0.250. The molecule has 0 aliphatic rings. The summed E-state index contributed by atoms with van der Waals surface area (Å²) < 4.78 is 17.2. The van der Waals surface area contributed by atoms with Crippen LogP contribution in [0.2, 0.25) is 18.1 Å². The number of carbonyl (C=O) groups is 1. The van der Waals surface area contributed by atoms with Crippen LogP contribution in [0, 0.1) is 23.2 Å². The first-order valence-electron chi connectivity index (χ1n) is 25.1. The van der Waals surface area contributed by atoms with E-state index < -0.39 is 30.3 Å². The summed E-state index contributed by atoms with van der Waals surface area (Å²) >= 11 is 3.03. The molecule has 0 bridgehead atoms. The first-order valence-corrected chi connectivity index (χ1v) is 32.2. The second-order valence-corrected chi connectivity index (χ2v) is 27.9. The van der Waals surface area contributed by atoms with Crippen LogP contribution >= 0.6 is 26.0 Å². The molecule has 2 unspecified atom stereocenters. The maximum atomic E-state index is 12.1. The smallest absolute Gasteiger partial charge is 0.0134 e. The third kappa shape index (κ3) is 21.2. The van der Waals surface area contributed by atoms with Gasteiger partial charge in [0.25, 0.3) is 0 Å². The number of unbranched alkanes of at least 4 members (excludes halogenated alkanes) is 2. The summed E-state index contributed by atoms with van der Waals surface area (Å²) in [6, 6.07) is 71.5. The molecule has 0 fully saturated rings. The molecule has 0 amide bonds. The summed E-state index contributed by atoms with van der Waals surface area (Å²) in [6.45, 7) is 12.8. The van der Waals surface area contributed by atoms with Gasteiger partial charge < -0.3 is 23.5 Å². The minimum absolute atomic E-state index is 0.0420. The van der Waals surface area contributed by atoms with Gasteiger partial charge >= 0.3 is 31.0 Å². The number of ether oxygens (including phenoxy) is 2. The Morgan fingerprint density at radius 2 is 1.01 bits per heavy atom. The van der Waals surface area contributed by atoms with Gasteiger partial charge in [0.1, 0.15) is 0 Å². The van der Waals surface area contributed by atoms with Gasteiger partial charge in [-0.05, 0) is 110 Å². The average molecular weight is 1130 g/mol. The van der Waals surface area contributed by atoms with E-state index in [1.54, 1.807) is 31.6 Å². The number of hydrogen-bond acceptors (Lipinski definition) is 7. The molecule has 0 saturated carbocycles. The molecular formula is C64H67ClCoNO6P2Si. The van der Waals surface area contributed by atoms with Gasteiger partial charge in [-0.25, -0.2) is 11.6 Å². The van der Waals surface area contributed by atoms with Gasteiger partial charge in [0.15, 0.2) is 14.4 Å². The van der Waals surface area contributed by atoms with Crippen LogP contribution in [-0.4, -0.2) is 45.7 Å². The van der Waals surface area contributed by atoms with Gasteiger partial charge in [-0.2, -0.15) is 5.26 Å². The first-order chi connectivity index (χ1) is 36.8. The Bertz CT molecular complexity index is 2560. The second kappa shape index (κ2) is 34.6. The standard InChI is InChI=1S/C28H37NO6Si.2C18H15P.ClH.Co/c1-22(12-10-14-24(17-18-29)35-36(5,6)28(2,3)4)34-27(32)16-8-7-9-19-33-26-15-11-13-23(20-30)25(26)21-31;2*1-4-10-16(11-5-1)19(17-12-6-2-7-13-17)18-14-8-3-9-15-18;;/h11,13,15,22,24H,7-9,14,16-17,19H2,1-6H3;2*1-15H;1H;/q-2;;;;+3/p-1. The van der Waals surface area contributed by atoms with Crippen molar-refractivity contribution in [3.05, 3.63) is 211 Å². The van der Waals surface area contributed by atoms with Gasteiger partial charge in [0, 0.05) is 12.8 Å². The quantitative estimate of drug-likeness (QED) is 0.0187. The largest absolute Gasteiger partial charge is 0.0622 e. The molecule has 2 atom stereocenters. The number of halogens is 1. The van der Waals surface area contributed by atoms with Gasteiger partial charge in [-0.1, -0.05) is 215 Å². The van der Waals surface area contributed by atoms with Crippen molar-refractivity contribution in [1.82, 2.24) is 0 Å². The molecule has 0 spiro atoms. The minimum Gasteiger partial charge on any atom is -0.0622 e. The molecule has 12 heteroatoms. The van der Waals surface area contributed by atoms with E-state index in [9.17, 15) is 14.4 Å². The maximum Gasteiger partial charge on any atom is -0.0134 e. The molecule has 0 saturated heterocycles. The van der Waals surface area contributed by atoms with Crippen molar-refractivity contribution in [2.45, 2.75) is 96.6 Å². The zero-order valence-corrected chi connectivity index (χ0v) is 48.7. The Morgan fingerprint density at radius 3 is 1.37 bits per heavy atom. The number of benzene rings is 7. The van der Waals surface area contributed by atoms with Crippen LogP contribution < -0.4 is 36.6 Å². The summed E-state index contributed by atoms with van der Waals surface area (Å²) in [5.74, 6) is 5.92. The van der Waals surface area contributed by atoms with Crippen LogP contribution in [0.4, 0.5) is 0 Å². The predicted molar refractivity (Wildman–Crippen MR) is 316 cm³/mol. The van der Waals surface area contributed by atoms with Crippen molar-refractivity contribution >= 4 is 84.7 Å². The molecule has 7 aromatic rings. The monoisotopic (exact) mass is 1130 g/mol. The van der Waals surface area contributed by atoms with E-state index in [1.165, 1.54) is 37.9 Å². The zero-order chi connectivity index (χ0) is 55.0. The maximum absolute atomic E-state index is 12.1. The van der Waals surface area contributed by atoms with Crippen LogP contribution in [0.5, 0.6) is 5.75 Å². The number of nitrogens with zero attached hydrogens (tertiary/aromatic N) is 1. The molecule has 0 aliphatic carbocycles. The van der Waals surface area contributed by atoms with Crippen molar-refractivity contribution in [3.63, 3.8) is 0 Å². The number of hydrogen-bond donors (Lipinski definition) is 0. The predicted octanol–water partition coefficient (Wildman–Crippen LogP) is 12.7. The number of esters is 1. The Morgan fingerprint density at radius 1 is 0.605 bits per heavy atom. The molecule has 0 N–H and O–H groups in total. The van der Waals surface area contributed by atoms with E-state index in [1.807, 2.05) is 0 Å². The van der Waals surface area contributed by atoms with E-state index in [-0.39, 0.29) is 41.1 Å². The molecule has 7 nitrogen and oxygen atoms in total. The average Bonchev–Trinajstić information content (AvgIpc) is 3.44. The number of rotatable bonds is 20. The van der Waals surface area contributed by atoms with E-state index in [0.717, 1.165) is 6.42 Å². The first kappa shape index (κ1) is 62.6. The SMILES string of the molecule is CC(C#CCC(CC#N)O[Si](C)(C)C(C)(C)C)OC(=O)CCCCCOc1cccc([C-]=O)c1[C-]=O.[Cl][Co+2].c1ccc(P(c2ccccc2)c2ccccc2)cc1.c1ccc(P(c2ccccc2)c2ccccc2)cc1. The summed E-state index contributed by atoms with van der Waals surface area (Å²) in [5, 5.41) is 17.6. The van der Waals surface area contributed by atoms with Gasteiger partial charge in [0.05, 0.1) is 25.2 Å². The van der Waals surface area contributed by atoms with Crippen LogP contribution in [-0.2, 0) is 38.4 Å². The van der Waals surface area contributed by atoms with Gasteiger partial charge in [0.2, 0.25) is 0 Å². The van der Waals surface area contributed by atoms with Crippen molar-refractivity contribution in [2.75, 3.05) is 6.61 Å². The van der Waals surface area contributed by atoms with Crippen molar-refractivity contribution in [1.29, 1.82) is 5.26 Å². The van der Waals surface area contributed by atoms with Crippen LogP contribution in [0.15, 0.2) is 200 Å². The van der Waals surface area contributed by atoms with E-state index in [0.29, 0.717) is 31.6 Å². The third-order valence-electron chi connectivity index (χ3n) is 12.1. The molecular weight excluding hydrogens is 1060 g/mol. The molecule has 0 radical (unpaired) electrons. The van der Waals surface area contributed by atoms with Gasteiger partial charge in [-0.15, -0.1) is 12.1 Å². The summed E-state index contributed by atoms with van der Waals surface area (Å²) in [5.41, 5.74) is 0.183. The third-order valence-corrected chi connectivity index (χ3v) is 21.6. The Labute approximate surface area is 468 Å². The van der Waals surface area contributed by atoms with Crippen molar-refractivity contribution < 1.29 is 43.1 Å². The second-order valence-electron chi connectivity index (χ2n) is 18.7. The fourth-order valence-electron chi connectivity index (χ4n) is 7.38. The molecule has 7 aromatic carbocycles. The van der Waals surface area contributed by atoms with Gasteiger partial charge in [-0.3, -0.25) is 10.4 Å². The molecule has 0 heterocycles. The Kier molecular flexibility index (Phi) is 28.5. The summed E-state index contributed by atoms with van der Waals surface area (Å²) in [6.07, 6.45) is 5.59. The number of carbonyl (C=O) groups excluding carboxylic acids is 3.